The fraction of sp³-hybridized carbons (Fsp3) is 0.382. The molecule has 1 unspecified atom stereocenters. The summed E-state index contributed by atoms with van der Waals surface area (Å²) in [6.07, 6.45) is 8.14. The molecule has 1 atom stereocenters. The van der Waals surface area contributed by atoms with Gasteiger partial charge in [0.2, 0.25) is 0 Å². The Labute approximate surface area is 295 Å². The second-order valence-corrected chi connectivity index (χ2v) is 13.0. The van der Waals surface area contributed by atoms with Crippen molar-refractivity contribution in [1.82, 2.24) is 19.9 Å². The third-order valence-electron chi connectivity index (χ3n) is 8.98. The normalized spacial score (nSPS) is 18.7. The Morgan fingerprint density at radius 2 is 1.91 bits per heavy atom. The summed E-state index contributed by atoms with van der Waals surface area (Å²) in [4.78, 5) is 21.3. The fourth-order valence-corrected chi connectivity index (χ4v) is 7.47. The number of nitrogens with zero attached hydrogens (tertiary/aromatic N) is 7. The monoisotopic (exact) mass is 651 g/mol. The second-order valence-electron chi connectivity index (χ2n) is 11.7. The summed E-state index contributed by atoms with van der Waals surface area (Å²) in [6, 6.07) is 12.9. The predicted molar refractivity (Wildman–Crippen MR) is 179 cm³/mol. The maximum Gasteiger partial charge on any atom is 1.00 e. The van der Waals surface area contributed by atoms with Gasteiger partial charge >= 0.3 is 29.6 Å². The number of halogens is 2. The van der Waals surface area contributed by atoms with E-state index in [4.69, 9.17) is 26.9 Å². The first kappa shape index (κ1) is 32.4. The van der Waals surface area contributed by atoms with Crippen LogP contribution in [0.2, 0.25) is 5.02 Å². The number of benzene rings is 2. The molecule has 0 bridgehead atoms. The van der Waals surface area contributed by atoms with Crippen LogP contribution in [-0.2, 0) is 19.4 Å². The van der Waals surface area contributed by atoms with E-state index >= 15 is 0 Å². The van der Waals surface area contributed by atoms with E-state index in [0.29, 0.717) is 36.4 Å². The molecule has 2 aromatic heterocycles. The molecule has 11 heteroatoms. The Morgan fingerprint density at radius 1 is 1.09 bits per heavy atom. The zero-order valence-corrected chi connectivity index (χ0v) is 29.3. The Kier molecular flexibility index (Phi) is 10.4. The minimum absolute atomic E-state index is 0. The summed E-state index contributed by atoms with van der Waals surface area (Å²) < 4.78 is 15.0. The molecule has 0 saturated carbocycles. The van der Waals surface area contributed by atoms with Gasteiger partial charge in [0.05, 0.1) is 23.0 Å². The number of hydrogen-bond donors (Lipinski definition) is 0. The van der Waals surface area contributed by atoms with Gasteiger partial charge in [0.1, 0.15) is 22.5 Å². The van der Waals surface area contributed by atoms with Crippen LogP contribution in [-0.4, -0.2) is 65.2 Å². The van der Waals surface area contributed by atoms with Crippen LogP contribution in [0, 0.1) is 0 Å². The maximum atomic E-state index is 15.0. The van der Waals surface area contributed by atoms with E-state index in [2.05, 4.69) is 45.6 Å². The van der Waals surface area contributed by atoms with E-state index < -0.39 is 0 Å². The molecule has 0 N–H and O–H groups in total. The van der Waals surface area contributed by atoms with Gasteiger partial charge in [-0.3, -0.25) is 0 Å². The van der Waals surface area contributed by atoms with Crippen LogP contribution in [0.3, 0.4) is 0 Å². The average molecular weight is 652 g/mol. The number of allylic oxidation sites excluding steroid dienone is 1. The molecule has 2 saturated heterocycles. The molecule has 3 aliphatic rings. The van der Waals surface area contributed by atoms with Crippen LogP contribution in [0.15, 0.2) is 66.1 Å². The van der Waals surface area contributed by atoms with Crippen LogP contribution in [0.5, 0.6) is 0 Å². The van der Waals surface area contributed by atoms with Crippen molar-refractivity contribution in [2.45, 2.75) is 44.7 Å². The van der Waals surface area contributed by atoms with Crippen LogP contribution in [0.4, 0.5) is 15.9 Å². The van der Waals surface area contributed by atoms with Crippen molar-refractivity contribution in [3.8, 4) is 0 Å². The zero-order chi connectivity index (χ0) is 30.0. The third-order valence-corrected chi connectivity index (χ3v) is 10.0. The molecule has 0 amide bonds. The average Bonchev–Trinajstić information content (AvgIpc) is 3.78. The molecule has 0 radical (unpaired) electrons. The topological polar surface area (TPSA) is 62.5 Å². The maximum absolute atomic E-state index is 15.0. The molecule has 45 heavy (non-hydrogen) atoms. The summed E-state index contributed by atoms with van der Waals surface area (Å²) in [7, 11) is 0. The standard InChI is InChI=1S/C34H36ClFN7S.Na/c1-23(28(36)21-32-38-14-20-44-32)41-16-18-42(19-17-41)34-26-12-15-43(30-9-3-6-24-5-2-8-27(35)33(24)30)22-29(26)39-31(40-34)11-10-25-7-4-13-37-25;/h2-3,5-6,8-9,14,20-21,25H,1,4,7,10-13,15-19,22H2;/q-1;+1/b28-21-;. The van der Waals surface area contributed by atoms with Gasteiger partial charge in [-0.05, 0) is 23.9 Å². The van der Waals surface area contributed by atoms with Gasteiger partial charge in [-0.2, -0.15) is 0 Å². The van der Waals surface area contributed by atoms with Crippen molar-refractivity contribution in [1.29, 1.82) is 0 Å². The van der Waals surface area contributed by atoms with Crippen molar-refractivity contribution < 1.29 is 33.9 Å². The number of rotatable bonds is 8. The van der Waals surface area contributed by atoms with E-state index in [1.807, 2.05) is 22.4 Å². The number of anilines is 2. The molecule has 0 spiro atoms. The molecule has 228 valence electrons. The molecule has 5 heterocycles. The van der Waals surface area contributed by atoms with Gasteiger partial charge in [-0.1, -0.05) is 61.7 Å². The van der Waals surface area contributed by atoms with Crippen LogP contribution >= 0.6 is 22.9 Å². The number of piperazine rings is 1. The summed E-state index contributed by atoms with van der Waals surface area (Å²) >= 11 is 8.13. The quantitative estimate of drug-likeness (QED) is 0.208. The second kappa shape index (κ2) is 14.5. The molecular weight excluding hydrogens is 616 g/mol. The number of thiazole rings is 1. The molecule has 7 rings (SSSR count). The molecule has 7 nitrogen and oxygen atoms in total. The molecule has 3 aliphatic heterocycles. The summed E-state index contributed by atoms with van der Waals surface area (Å²) in [5.74, 6) is 1.59. The Balaban J connectivity index is 0.00000357. The van der Waals surface area contributed by atoms with Gasteiger partial charge < -0.3 is 20.0 Å². The summed E-state index contributed by atoms with van der Waals surface area (Å²) in [5.41, 5.74) is 3.87. The van der Waals surface area contributed by atoms with Gasteiger partial charge in [0, 0.05) is 73.4 Å². The van der Waals surface area contributed by atoms with E-state index in [1.165, 1.54) is 29.4 Å². The number of aryl methyl sites for hydroxylation is 1. The van der Waals surface area contributed by atoms with Crippen molar-refractivity contribution in [3.63, 3.8) is 0 Å². The number of hydrogen-bond acceptors (Lipinski definition) is 7. The fourth-order valence-electron chi connectivity index (χ4n) is 6.64. The molecule has 2 fully saturated rings. The smallest absolute Gasteiger partial charge is 0.660 e. The summed E-state index contributed by atoms with van der Waals surface area (Å²) in [5, 5.41) is 10.3. The molecular formula is C34H36ClFN7NaS. The minimum atomic E-state index is -0.332. The number of aromatic nitrogens is 3. The molecule has 2 aromatic carbocycles. The van der Waals surface area contributed by atoms with Gasteiger partial charge in [-0.15, -0.1) is 23.9 Å². The van der Waals surface area contributed by atoms with Crippen molar-refractivity contribution in [2.75, 3.05) is 49.1 Å². The largest absolute Gasteiger partial charge is 1.00 e. The van der Waals surface area contributed by atoms with E-state index in [0.717, 1.165) is 90.7 Å². The minimum Gasteiger partial charge on any atom is -0.660 e. The van der Waals surface area contributed by atoms with Gasteiger partial charge in [0.15, 0.2) is 0 Å². The van der Waals surface area contributed by atoms with Crippen LogP contribution in [0.1, 0.15) is 41.4 Å². The number of fused-ring (bicyclic) bond motifs is 2. The first-order valence-corrected chi connectivity index (χ1v) is 16.7. The van der Waals surface area contributed by atoms with Crippen LogP contribution < -0.4 is 39.4 Å². The van der Waals surface area contributed by atoms with E-state index in [-0.39, 0.29) is 35.4 Å². The predicted octanol–water partition coefficient (Wildman–Crippen LogP) is 4.42. The van der Waals surface area contributed by atoms with Gasteiger partial charge in [-0.25, -0.2) is 19.3 Å². The van der Waals surface area contributed by atoms with Crippen molar-refractivity contribution in [3.05, 3.63) is 98.5 Å². The Morgan fingerprint density at radius 3 is 2.67 bits per heavy atom. The van der Waals surface area contributed by atoms with E-state index in [9.17, 15) is 4.39 Å². The molecule has 4 aromatic rings. The first-order chi connectivity index (χ1) is 21.5. The Hall–Kier alpha value is -2.53. The SMILES string of the molecule is C=C(/C(F)=C/c1nccs1)N1CCN(c2nc(CCC3CCC[N-]3)nc3c2CCN(c2cccc4cccc(Cl)c24)C3)CC1.[Na+]. The third kappa shape index (κ3) is 7.09. The zero-order valence-electron chi connectivity index (χ0n) is 25.8. The Bertz CT molecular complexity index is 1680. The van der Waals surface area contributed by atoms with Crippen molar-refractivity contribution >= 4 is 51.3 Å². The summed E-state index contributed by atoms with van der Waals surface area (Å²) in [6.45, 7) is 9.43. The van der Waals surface area contributed by atoms with Gasteiger partial charge in [0.25, 0.3) is 0 Å². The van der Waals surface area contributed by atoms with Crippen molar-refractivity contribution in [2.24, 2.45) is 0 Å². The van der Waals surface area contributed by atoms with E-state index in [1.54, 1.807) is 6.20 Å². The first-order valence-electron chi connectivity index (χ1n) is 15.5. The molecule has 0 aliphatic carbocycles. The van der Waals surface area contributed by atoms with Crippen LogP contribution in [0.25, 0.3) is 22.2 Å².